The Morgan fingerprint density at radius 1 is 1.41 bits per heavy atom. The van der Waals surface area contributed by atoms with E-state index in [0.717, 1.165) is 12.1 Å². The van der Waals surface area contributed by atoms with Crippen LogP contribution in [0.3, 0.4) is 0 Å². The molecule has 6 heteroatoms. The first-order valence-corrected chi connectivity index (χ1v) is 5.03. The molecule has 1 aromatic carbocycles. The van der Waals surface area contributed by atoms with Crippen molar-refractivity contribution < 1.29 is 22.7 Å². The van der Waals surface area contributed by atoms with Gasteiger partial charge in [0.1, 0.15) is 5.75 Å². The first-order valence-electron chi connectivity index (χ1n) is 5.03. The van der Waals surface area contributed by atoms with E-state index in [-0.39, 0.29) is 24.0 Å². The van der Waals surface area contributed by atoms with E-state index in [4.69, 9.17) is 4.74 Å². The monoisotopic (exact) mass is 245 g/mol. The Hall–Kier alpha value is -1.72. The summed E-state index contributed by atoms with van der Waals surface area (Å²) >= 11 is 0. The van der Waals surface area contributed by atoms with Gasteiger partial charge in [-0.1, -0.05) is 6.92 Å². The second-order valence-electron chi connectivity index (χ2n) is 3.91. The molecule has 0 aliphatic carbocycles. The predicted octanol–water partition coefficient (Wildman–Crippen LogP) is 2.67. The lowest BCUT2D eigenvalue weighted by Gasteiger charge is -2.11. The number of rotatable bonds is 0. The molecule has 1 unspecified atom stereocenters. The highest BCUT2D eigenvalue weighted by molar-refractivity contribution is 5.94. The molecule has 0 saturated carbocycles. The van der Waals surface area contributed by atoms with Gasteiger partial charge in [0.2, 0.25) is 5.91 Å². The largest absolute Gasteiger partial charge is 0.491 e. The van der Waals surface area contributed by atoms with E-state index in [1.807, 2.05) is 0 Å². The maximum atomic E-state index is 12.5. The number of fused-ring (bicyclic) bond motifs is 1. The van der Waals surface area contributed by atoms with Crippen LogP contribution in [0.5, 0.6) is 5.75 Å². The van der Waals surface area contributed by atoms with Crippen molar-refractivity contribution in [2.24, 2.45) is 5.92 Å². The molecule has 1 N–H and O–H groups in total. The molecule has 0 radical (unpaired) electrons. The fourth-order valence-electron chi connectivity index (χ4n) is 1.47. The SMILES string of the molecule is CC1COc2cc(C(F)(F)F)ccc2NC1=O. The summed E-state index contributed by atoms with van der Waals surface area (Å²) in [5.41, 5.74) is -0.521. The molecule has 92 valence electrons. The van der Waals surface area contributed by atoms with Gasteiger partial charge in [-0.3, -0.25) is 4.79 Å². The molecular formula is C11H10F3NO2. The van der Waals surface area contributed by atoms with Crippen LogP contribution in [-0.2, 0) is 11.0 Å². The standard InChI is InChI=1S/C11H10F3NO2/c1-6-5-17-9-4-7(11(12,13)14)2-3-8(9)15-10(6)16/h2-4,6H,5H2,1H3,(H,15,16). The van der Waals surface area contributed by atoms with Gasteiger partial charge in [-0.25, -0.2) is 0 Å². The highest BCUT2D eigenvalue weighted by atomic mass is 19.4. The van der Waals surface area contributed by atoms with Crippen LogP contribution >= 0.6 is 0 Å². The van der Waals surface area contributed by atoms with E-state index in [2.05, 4.69) is 5.32 Å². The van der Waals surface area contributed by atoms with Crippen LogP contribution in [0.2, 0.25) is 0 Å². The number of carbonyl (C=O) groups is 1. The van der Waals surface area contributed by atoms with Crippen LogP contribution in [0, 0.1) is 5.92 Å². The molecular weight excluding hydrogens is 235 g/mol. The average Bonchev–Trinajstić information content (AvgIpc) is 2.38. The number of nitrogens with one attached hydrogen (secondary N) is 1. The Bertz CT molecular complexity index is 457. The minimum absolute atomic E-state index is 0.0533. The number of ether oxygens (including phenoxy) is 1. The third-order valence-corrected chi connectivity index (χ3v) is 2.50. The Balaban J connectivity index is 2.38. The maximum Gasteiger partial charge on any atom is 0.416 e. The highest BCUT2D eigenvalue weighted by Crippen LogP contribution is 2.36. The van der Waals surface area contributed by atoms with Crippen molar-refractivity contribution in [3.05, 3.63) is 23.8 Å². The Kier molecular flexibility index (Phi) is 2.73. The molecule has 0 aromatic heterocycles. The van der Waals surface area contributed by atoms with Crippen LogP contribution in [0.1, 0.15) is 12.5 Å². The second-order valence-corrected chi connectivity index (χ2v) is 3.91. The molecule has 1 amide bonds. The quantitative estimate of drug-likeness (QED) is 0.763. The molecule has 0 spiro atoms. The van der Waals surface area contributed by atoms with Gasteiger partial charge < -0.3 is 10.1 Å². The van der Waals surface area contributed by atoms with Crippen molar-refractivity contribution in [1.29, 1.82) is 0 Å². The lowest BCUT2D eigenvalue weighted by atomic mass is 10.1. The zero-order valence-corrected chi connectivity index (χ0v) is 8.97. The van der Waals surface area contributed by atoms with Gasteiger partial charge in [0.25, 0.3) is 0 Å². The topological polar surface area (TPSA) is 38.3 Å². The molecule has 0 bridgehead atoms. The second kappa shape index (κ2) is 3.94. The first-order chi connectivity index (χ1) is 7.88. The van der Waals surface area contributed by atoms with E-state index < -0.39 is 17.7 Å². The molecule has 1 atom stereocenters. The van der Waals surface area contributed by atoms with Gasteiger partial charge in [0.15, 0.2) is 0 Å². The number of alkyl halides is 3. The van der Waals surface area contributed by atoms with Gasteiger partial charge in [-0.15, -0.1) is 0 Å². The third kappa shape index (κ3) is 2.35. The van der Waals surface area contributed by atoms with Crippen molar-refractivity contribution >= 4 is 11.6 Å². The summed E-state index contributed by atoms with van der Waals surface area (Å²) in [5, 5.41) is 2.52. The summed E-state index contributed by atoms with van der Waals surface area (Å²) in [5.74, 6) is -0.599. The van der Waals surface area contributed by atoms with Gasteiger partial charge in [0, 0.05) is 0 Å². The zero-order chi connectivity index (χ0) is 12.6. The van der Waals surface area contributed by atoms with Gasteiger partial charge in [-0.2, -0.15) is 13.2 Å². The number of hydrogen-bond donors (Lipinski definition) is 1. The lowest BCUT2D eigenvalue weighted by molar-refractivity contribution is -0.137. The molecule has 2 rings (SSSR count). The molecule has 1 aliphatic heterocycles. The first kappa shape index (κ1) is 11.8. The molecule has 1 aliphatic rings. The number of carbonyl (C=O) groups excluding carboxylic acids is 1. The number of anilines is 1. The fourth-order valence-corrected chi connectivity index (χ4v) is 1.47. The third-order valence-electron chi connectivity index (χ3n) is 2.50. The number of amides is 1. The van der Waals surface area contributed by atoms with Crippen LogP contribution in [0.15, 0.2) is 18.2 Å². The molecule has 0 saturated heterocycles. The fraction of sp³-hybridized carbons (Fsp3) is 0.364. The molecule has 1 heterocycles. The molecule has 3 nitrogen and oxygen atoms in total. The van der Waals surface area contributed by atoms with Crippen LogP contribution < -0.4 is 10.1 Å². The molecule has 17 heavy (non-hydrogen) atoms. The predicted molar refractivity (Wildman–Crippen MR) is 54.7 cm³/mol. The van der Waals surface area contributed by atoms with E-state index in [0.29, 0.717) is 0 Å². The Morgan fingerprint density at radius 2 is 2.12 bits per heavy atom. The average molecular weight is 245 g/mol. The number of benzene rings is 1. The summed E-state index contributed by atoms with van der Waals surface area (Å²) in [6.07, 6.45) is -4.42. The van der Waals surface area contributed by atoms with E-state index >= 15 is 0 Å². The van der Waals surface area contributed by atoms with E-state index in [1.165, 1.54) is 6.07 Å². The summed E-state index contributed by atoms with van der Waals surface area (Å²) in [6.45, 7) is 1.71. The summed E-state index contributed by atoms with van der Waals surface area (Å²) in [4.78, 5) is 11.4. The highest BCUT2D eigenvalue weighted by Gasteiger charge is 2.32. The van der Waals surface area contributed by atoms with Gasteiger partial charge in [0.05, 0.1) is 23.8 Å². The minimum Gasteiger partial charge on any atom is -0.491 e. The summed E-state index contributed by atoms with van der Waals surface area (Å²) in [6, 6.07) is 3.01. The maximum absolute atomic E-state index is 12.5. The van der Waals surface area contributed by atoms with Crippen molar-refractivity contribution in [3.63, 3.8) is 0 Å². The van der Waals surface area contributed by atoms with E-state index in [1.54, 1.807) is 6.92 Å². The number of hydrogen-bond acceptors (Lipinski definition) is 2. The zero-order valence-electron chi connectivity index (χ0n) is 8.97. The van der Waals surface area contributed by atoms with Crippen LogP contribution in [-0.4, -0.2) is 12.5 Å². The Morgan fingerprint density at radius 3 is 2.76 bits per heavy atom. The summed E-state index contributed by atoms with van der Waals surface area (Å²) < 4.78 is 42.6. The normalized spacial score (nSPS) is 20.0. The molecule has 1 aromatic rings. The number of halogens is 3. The van der Waals surface area contributed by atoms with Gasteiger partial charge >= 0.3 is 6.18 Å². The van der Waals surface area contributed by atoms with Gasteiger partial charge in [-0.05, 0) is 18.2 Å². The Labute approximate surface area is 95.6 Å². The van der Waals surface area contributed by atoms with Crippen LogP contribution in [0.25, 0.3) is 0 Å². The molecule has 0 fully saturated rings. The van der Waals surface area contributed by atoms with Crippen molar-refractivity contribution in [2.45, 2.75) is 13.1 Å². The minimum atomic E-state index is -4.42. The van der Waals surface area contributed by atoms with E-state index in [9.17, 15) is 18.0 Å². The summed E-state index contributed by atoms with van der Waals surface area (Å²) in [7, 11) is 0. The van der Waals surface area contributed by atoms with Crippen LogP contribution in [0.4, 0.5) is 18.9 Å². The smallest absolute Gasteiger partial charge is 0.416 e. The van der Waals surface area contributed by atoms with Crippen molar-refractivity contribution in [2.75, 3.05) is 11.9 Å². The van der Waals surface area contributed by atoms with Crippen molar-refractivity contribution in [1.82, 2.24) is 0 Å². The van der Waals surface area contributed by atoms with Crippen molar-refractivity contribution in [3.8, 4) is 5.75 Å². The lowest BCUT2D eigenvalue weighted by Crippen LogP contribution is -2.21.